The Kier molecular flexibility index (Phi) is 6.20. The van der Waals surface area contributed by atoms with Gasteiger partial charge >= 0.3 is 0 Å². The number of pyridine rings is 1. The van der Waals surface area contributed by atoms with Gasteiger partial charge in [0.2, 0.25) is 5.91 Å². The fourth-order valence-corrected chi connectivity index (χ4v) is 3.38. The van der Waals surface area contributed by atoms with Gasteiger partial charge in [-0.15, -0.1) is 0 Å². The minimum absolute atomic E-state index is 0.233. The lowest BCUT2D eigenvalue weighted by molar-refractivity contribution is -0.135. The molecule has 1 amide bonds. The summed E-state index contributed by atoms with van der Waals surface area (Å²) in [7, 11) is 0. The van der Waals surface area contributed by atoms with Crippen LogP contribution in [0, 0.1) is 17.2 Å². The van der Waals surface area contributed by atoms with E-state index in [1.54, 1.807) is 18.3 Å². The molecular weight excluding hydrogens is 318 g/mol. The summed E-state index contributed by atoms with van der Waals surface area (Å²) in [6.07, 6.45) is 3.38. The average molecular weight is 343 g/mol. The number of ether oxygens (including phenoxy) is 1. The van der Waals surface area contributed by atoms with E-state index >= 15 is 0 Å². The lowest BCUT2D eigenvalue weighted by atomic mass is 10.1. The summed E-state index contributed by atoms with van der Waals surface area (Å²) < 4.78 is 5.29. The molecule has 2 aliphatic heterocycles. The molecule has 1 N–H and O–H groups in total. The molecule has 0 saturated carbocycles. The molecule has 1 atom stereocenters. The molecule has 3 rings (SSSR count). The zero-order chi connectivity index (χ0) is 17.5. The summed E-state index contributed by atoms with van der Waals surface area (Å²) in [5.74, 6) is 1.41. The van der Waals surface area contributed by atoms with E-state index < -0.39 is 0 Å². The molecule has 0 aromatic carbocycles. The quantitative estimate of drug-likeness (QED) is 0.828. The van der Waals surface area contributed by atoms with E-state index in [1.807, 2.05) is 4.90 Å². The monoisotopic (exact) mass is 343 g/mol. The van der Waals surface area contributed by atoms with Gasteiger partial charge in [-0.2, -0.15) is 5.26 Å². The number of morpholine rings is 1. The molecule has 0 bridgehead atoms. The number of hydrogen-bond acceptors (Lipinski definition) is 6. The fourth-order valence-electron chi connectivity index (χ4n) is 3.38. The molecule has 25 heavy (non-hydrogen) atoms. The zero-order valence-corrected chi connectivity index (χ0v) is 14.5. The lowest BCUT2D eigenvalue weighted by Gasteiger charge is -2.27. The number of hydrogen-bond donors (Lipinski definition) is 1. The summed E-state index contributed by atoms with van der Waals surface area (Å²) in [6.45, 7) is 6.38. The minimum atomic E-state index is 0.233. The van der Waals surface area contributed by atoms with Crippen molar-refractivity contribution < 1.29 is 9.53 Å². The topological polar surface area (TPSA) is 81.5 Å². The van der Waals surface area contributed by atoms with Crippen molar-refractivity contribution in [1.29, 1.82) is 5.26 Å². The highest BCUT2D eigenvalue weighted by Crippen LogP contribution is 2.18. The second-order valence-corrected chi connectivity index (χ2v) is 6.59. The van der Waals surface area contributed by atoms with Crippen molar-refractivity contribution >= 4 is 11.7 Å². The molecule has 0 radical (unpaired) electrons. The Morgan fingerprint density at radius 1 is 1.40 bits per heavy atom. The van der Waals surface area contributed by atoms with Gasteiger partial charge in [-0.1, -0.05) is 0 Å². The summed E-state index contributed by atoms with van der Waals surface area (Å²) >= 11 is 0. The number of carbonyl (C=O) groups is 1. The molecule has 134 valence electrons. The molecule has 2 saturated heterocycles. The molecule has 3 heterocycles. The van der Waals surface area contributed by atoms with Crippen LogP contribution >= 0.6 is 0 Å². The maximum Gasteiger partial charge on any atom is 0.224 e. The number of carbonyl (C=O) groups excluding carboxylic acids is 1. The van der Waals surface area contributed by atoms with Crippen molar-refractivity contribution in [2.24, 2.45) is 5.92 Å². The maximum atomic E-state index is 12.2. The SMILES string of the molecule is N#Cc1cccnc1NC[C@@H]1CCN(CCC(=O)N2CCOCC2)C1. The number of likely N-dealkylation sites (tertiary alicyclic amines) is 1. The molecule has 2 aliphatic rings. The molecule has 0 spiro atoms. The lowest BCUT2D eigenvalue weighted by Crippen LogP contribution is -2.41. The van der Waals surface area contributed by atoms with Gasteiger partial charge in [0.1, 0.15) is 11.9 Å². The summed E-state index contributed by atoms with van der Waals surface area (Å²) in [5, 5.41) is 12.4. The predicted molar refractivity (Wildman–Crippen MR) is 94.0 cm³/mol. The van der Waals surface area contributed by atoms with Gasteiger partial charge in [-0.05, 0) is 31.0 Å². The van der Waals surface area contributed by atoms with Gasteiger partial charge < -0.3 is 19.9 Å². The minimum Gasteiger partial charge on any atom is -0.378 e. The van der Waals surface area contributed by atoms with Crippen molar-refractivity contribution in [2.75, 3.05) is 57.8 Å². The number of anilines is 1. The third kappa shape index (κ3) is 4.91. The summed E-state index contributed by atoms with van der Waals surface area (Å²) in [5.41, 5.74) is 0.577. The molecule has 0 aliphatic carbocycles. The summed E-state index contributed by atoms with van der Waals surface area (Å²) in [6, 6.07) is 5.70. The van der Waals surface area contributed by atoms with Gasteiger partial charge in [0.25, 0.3) is 0 Å². The van der Waals surface area contributed by atoms with Crippen molar-refractivity contribution in [3.05, 3.63) is 23.9 Å². The van der Waals surface area contributed by atoms with Crippen LogP contribution in [0.25, 0.3) is 0 Å². The van der Waals surface area contributed by atoms with Gasteiger partial charge in [-0.25, -0.2) is 4.98 Å². The highest BCUT2D eigenvalue weighted by Gasteiger charge is 2.24. The number of aromatic nitrogens is 1. The van der Waals surface area contributed by atoms with E-state index in [4.69, 9.17) is 10.00 Å². The second kappa shape index (κ2) is 8.79. The number of nitrogens with one attached hydrogen (secondary N) is 1. The predicted octanol–water partition coefficient (Wildman–Crippen LogP) is 0.936. The van der Waals surface area contributed by atoms with Crippen molar-refractivity contribution in [2.45, 2.75) is 12.8 Å². The van der Waals surface area contributed by atoms with Crippen LogP contribution in [0.4, 0.5) is 5.82 Å². The van der Waals surface area contributed by atoms with Crippen LogP contribution in [0.5, 0.6) is 0 Å². The zero-order valence-electron chi connectivity index (χ0n) is 14.5. The molecule has 1 aromatic rings. The molecule has 7 heteroatoms. The first-order chi connectivity index (χ1) is 12.3. The van der Waals surface area contributed by atoms with Crippen molar-refractivity contribution in [3.8, 4) is 6.07 Å². The second-order valence-electron chi connectivity index (χ2n) is 6.59. The number of rotatable bonds is 6. The van der Waals surface area contributed by atoms with Crippen molar-refractivity contribution in [3.63, 3.8) is 0 Å². The number of nitrogens with zero attached hydrogens (tertiary/aromatic N) is 4. The van der Waals surface area contributed by atoms with Crippen LogP contribution in [0.1, 0.15) is 18.4 Å². The van der Waals surface area contributed by atoms with Crippen LogP contribution in [0.15, 0.2) is 18.3 Å². The van der Waals surface area contributed by atoms with E-state index in [2.05, 4.69) is 21.3 Å². The first-order valence-electron chi connectivity index (χ1n) is 8.93. The Bertz CT molecular complexity index is 624. The van der Waals surface area contributed by atoms with Gasteiger partial charge in [0.15, 0.2) is 0 Å². The Balaban J connectivity index is 1.38. The molecule has 1 aromatic heterocycles. The number of nitriles is 1. The smallest absolute Gasteiger partial charge is 0.224 e. The van der Waals surface area contributed by atoms with Crippen LogP contribution in [0.3, 0.4) is 0 Å². The molecular formula is C18H25N5O2. The largest absolute Gasteiger partial charge is 0.378 e. The third-order valence-corrected chi connectivity index (χ3v) is 4.86. The Morgan fingerprint density at radius 2 is 2.24 bits per heavy atom. The Hall–Kier alpha value is -2.17. The molecule has 7 nitrogen and oxygen atoms in total. The van der Waals surface area contributed by atoms with E-state index in [0.717, 1.165) is 45.7 Å². The summed E-state index contributed by atoms with van der Waals surface area (Å²) in [4.78, 5) is 20.7. The first-order valence-corrected chi connectivity index (χ1v) is 8.93. The maximum absolute atomic E-state index is 12.2. The average Bonchev–Trinajstić information content (AvgIpc) is 3.13. The van der Waals surface area contributed by atoms with Gasteiger partial charge in [0.05, 0.1) is 18.8 Å². The molecule has 2 fully saturated rings. The standard InChI is InChI=1S/C18H25N5O2/c19-12-16-2-1-5-20-18(16)21-13-15-3-6-22(14-15)7-4-17(24)23-8-10-25-11-9-23/h1-2,5,15H,3-4,6-11,13-14H2,(H,20,21)/t15-/m0/s1. The van der Waals surface area contributed by atoms with E-state index in [1.165, 1.54) is 0 Å². The van der Waals surface area contributed by atoms with E-state index in [-0.39, 0.29) is 5.91 Å². The van der Waals surface area contributed by atoms with Crippen molar-refractivity contribution in [1.82, 2.24) is 14.8 Å². The Morgan fingerprint density at radius 3 is 3.04 bits per heavy atom. The third-order valence-electron chi connectivity index (χ3n) is 4.86. The van der Waals surface area contributed by atoms with Crippen LogP contribution in [-0.4, -0.2) is 73.2 Å². The van der Waals surface area contributed by atoms with E-state index in [9.17, 15) is 4.79 Å². The highest BCUT2D eigenvalue weighted by molar-refractivity contribution is 5.76. The van der Waals surface area contributed by atoms with Crippen LogP contribution in [0.2, 0.25) is 0 Å². The van der Waals surface area contributed by atoms with Gasteiger partial charge in [-0.3, -0.25) is 4.79 Å². The Labute approximate surface area is 148 Å². The van der Waals surface area contributed by atoms with E-state index in [0.29, 0.717) is 36.9 Å². The fraction of sp³-hybridized carbons (Fsp3) is 0.611. The first kappa shape index (κ1) is 17.6. The van der Waals surface area contributed by atoms with Crippen LogP contribution in [-0.2, 0) is 9.53 Å². The number of amides is 1. The molecule has 0 unspecified atom stereocenters. The normalized spacial score (nSPS) is 21.1. The van der Waals surface area contributed by atoms with Gasteiger partial charge in [0, 0.05) is 45.3 Å². The highest BCUT2D eigenvalue weighted by atomic mass is 16.5. The van der Waals surface area contributed by atoms with Crippen LogP contribution < -0.4 is 5.32 Å².